The van der Waals surface area contributed by atoms with Gasteiger partial charge in [0.15, 0.2) is 5.11 Å². The van der Waals surface area contributed by atoms with E-state index in [0.29, 0.717) is 28.1 Å². The summed E-state index contributed by atoms with van der Waals surface area (Å²) in [5.74, 6) is -0.0677. The first-order valence-corrected chi connectivity index (χ1v) is 9.00. The van der Waals surface area contributed by atoms with Crippen LogP contribution in [0.4, 0.5) is 10.1 Å². The summed E-state index contributed by atoms with van der Waals surface area (Å²) >= 11 is 8.48. The van der Waals surface area contributed by atoms with Crippen molar-refractivity contribution in [2.45, 2.75) is 19.8 Å². The van der Waals surface area contributed by atoms with Crippen molar-refractivity contribution in [2.24, 2.45) is 0 Å². The van der Waals surface area contributed by atoms with Crippen LogP contribution in [-0.4, -0.2) is 17.6 Å². The van der Waals surface area contributed by atoms with E-state index in [1.54, 1.807) is 30.3 Å². The summed E-state index contributed by atoms with van der Waals surface area (Å²) in [5.41, 5.74) is 0.893. The fraction of sp³-hybridized carbons (Fsp3) is 0.222. The van der Waals surface area contributed by atoms with Crippen LogP contribution in [0.2, 0.25) is 0 Å². The minimum Gasteiger partial charge on any atom is -0.492 e. The third kappa shape index (κ3) is 6.10. The van der Waals surface area contributed by atoms with E-state index in [4.69, 9.17) is 17.0 Å². The quantitative estimate of drug-likeness (QED) is 0.511. The first-order chi connectivity index (χ1) is 12.0. The Morgan fingerprint density at radius 2 is 2.08 bits per heavy atom. The predicted octanol–water partition coefficient (Wildman–Crippen LogP) is 4.89. The van der Waals surface area contributed by atoms with E-state index in [-0.39, 0.29) is 16.8 Å². The highest BCUT2D eigenvalue weighted by molar-refractivity contribution is 9.10. The summed E-state index contributed by atoms with van der Waals surface area (Å²) in [6, 6.07) is 10.9. The fourth-order valence-corrected chi connectivity index (χ4v) is 2.69. The zero-order valence-corrected chi connectivity index (χ0v) is 16.0. The molecule has 0 heterocycles. The van der Waals surface area contributed by atoms with Crippen molar-refractivity contribution in [2.75, 3.05) is 11.9 Å². The standard InChI is InChI=1S/C18H18BrFN2O2S/c1-2-3-9-24-16-8-7-12(10-15(16)19)17(23)22-18(25)21-14-6-4-5-13(20)11-14/h4-8,10-11H,2-3,9H2,1H3,(H2,21,22,23,25). The molecule has 4 nitrogen and oxygen atoms in total. The first-order valence-electron chi connectivity index (χ1n) is 7.80. The SMILES string of the molecule is CCCCOc1ccc(C(=O)NC(=S)Nc2cccc(F)c2)cc1Br. The van der Waals surface area contributed by atoms with E-state index in [1.807, 2.05) is 0 Å². The number of hydrogen-bond acceptors (Lipinski definition) is 3. The average molecular weight is 425 g/mol. The number of benzene rings is 2. The van der Waals surface area contributed by atoms with Crippen molar-refractivity contribution < 1.29 is 13.9 Å². The lowest BCUT2D eigenvalue weighted by Gasteiger charge is -2.11. The van der Waals surface area contributed by atoms with Gasteiger partial charge in [-0.15, -0.1) is 0 Å². The molecule has 1 amide bonds. The number of carbonyl (C=O) groups excluding carboxylic acids is 1. The molecule has 0 saturated heterocycles. The van der Waals surface area contributed by atoms with E-state index >= 15 is 0 Å². The topological polar surface area (TPSA) is 50.4 Å². The molecule has 2 aromatic rings. The predicted molar refractivity (Wildman–Crippen MR) is 105 cm³/mol. The van der Waals surface area contributed by atoms with Crippen LogP contribution in [0, 0.1) is 5.82 Å². The molecule has 0 unspecified atom stereocenters. The van der Waals surface area contributed by atoms with Gasteiger partial charge in [-0.25, -0.2) is 4.39 Å². The summed E-state index contributed by atoms with van der Waals surface area (Å²) in [4.78, 5) is 12.3. The van der Waals surface area contributed by atoms with E-state index in [9.17, 15) is 9.18 Å². The van der Waals surface area contributed by atoms with Gasteiger partial charge in [0.1, 0.15) is 11.6 Å². The zero-order valence-electron chi connectivity index (χ0n) is 13.6. The van der Waals surface area contributed by atoms with Crippen LogP contribution in [0.15, 0.2) is 46.9 Å². The molecular formula is C18H18BrFN2O2S. The second kappa shape index (κ2) is 9.48. The van der Waals surface area contributed by atoms with Crippen molar-refractivity contribution in [3.8, 4) is 5.75 Å². The number of unbranched alkanes of at least 4 members (excludes halogenated alkanes) is 1. The lowest BCUT2D eigenvalue weighted by Crippen LogP contribution is -2.34. The summed E-state index contributed by atoms with van der Waals surface area (Å²) in [7, 11) is 0. The Bertz CT molecular complexity index is 770. The Morgan fingerprint density at radius 3 is 2.76 bits per heavy atom. The van der Waals surface area contributed by atoms with E-state index in [2.05, 4.69) is 33.5 Å². The molecule has 25 heavy (non-hydrogen) atoms. The Hall–Kier alpha value is -1.99. The molecule has 0 spiro atoms. The number of hydrogen-bond donors (Lipinski definition) is 2. The molecule has 0 radical (unpaired) electrons. The van der Waals surface area contributed by atoms with E-state index in [0.717, 1.165) is 12.8 Å². The number of halogens is 2. The van der Waals surface area contributed by atoms with Crippen LogP contribution in [0.5, 0.6) is 5.75 Å². The van der Waals surface area contributed by atoms with E-state index < -0.39 is 0 Å². The molecular weight excluding hydrogens is 407 g/mol. The molecule has 0 bridgehead atoms. The molecule has 2 N–H and O–H groups in total. The molecule has 7 heteroatoms. The van der Waals surface area contributed by atoms with Gasteiger partial charge in [-0.1, -0.05) is 19.4 Å². The molecule has 0 atom stereocenters. The Kier molecular flexibility index (Phi) is 7.33. The van der Waals surface area contributed by atoms with Crippen molar-refractivity contribution in [1.29, 1.82) is 0 Å². The number of amides is 1. The van der Waals surface area contributed by atoms with Gasteiger partial charge in [-0.05, 0) is 71.0 Å². The van der Waals surface area contributed by atoms with Gasteiger partial charge in [0.25, 0.3) is 5.91 Å². The maximum absolute atomic E-state index is 13.2. The van der Waals surface area contributed by atoms with Gasteiger partial charge in [0.2, 0.25) is 0 Å². The Labute approximate surface area is 159 Å². The largest absolute Gasteiger partial charge is 0.492 e. The number of nitrogens with one attached hydrogen (secondary N) is 2. The molecule has 0 aliphatic carbocycles. The molecule has 0 aliphatic heterocycles. The minimum absolute atomic E-state index is 0.0926. The smallest absolute Gasteiger partial charge is 0.257 e. The van der Waals surface area contributed by atoms with Gasteiger partial charge >= 0.3 is 0 Å². The second-order valence-electron chi connectivity index (χ2n) is 5.27. The summed E-state index contributed by atoms with van der Waals surface area (Å²) in [6.07, 6.45) is 2.02. The van der Waals surface area contributed by atoms with E-state index in [1.165, 1.54) is 12.1 Å². The minimum atomic E-state index is -0.387. The zero-order chi connectivity index (χ0) is 18.2. The molecule has 0 aromatic heterocycles. The van der Waals surface area contributed by atoms with Crippen molar-refractivity contribution in [3.05, 3.63) is 58.3 Å². The molecule has 0 saturated carbocycles. The van der Waals surface area contributed by atoms with Crippen molar-refractivity contribution in [1.82, 2.24) is 5.32 Å². The first kappa shape index (κ1) is 19.3. The number of rotatable bonds is 6. The molecule has 2 aromatic carbocycles. The molecule has 2 rings (SSSR count). The number of thiocarbonyl (C=S) groups is 1. The molecule has 0 fully saturated rings. The van der Waals surface area contributed by atoms with Crippen molar-refractivity contribution >= 4 is 44.9 Å². The summed E-state index contributed by atoms with van der Waals surface area (Å²) in [5, 5.41) is 5.42. The third-order valence-corrected chi connectivity index (χ3v) is 4.08. The highest BCUT2D eigenvalue weighted by atomic mass is 79.9. The Balaban J connectivity index is 1.95. The maximum atomic E-state index is 13.2. The second-order valence-corrected chi connectivity index (χ2v) is 6.53. The maximum Gasteiger partial charge on any atom is 0.257 e. The van der Waals surface area contributed by atoms with Crippen LogP contribution in [0.25, 0.3) is 0 Å². The Morgan fingerprint density at radius 1 is 1.28 bits per heavy atom. The van der Waals surface area contributed by atoms with Crippen LogP contribution in [-0.2, 0) is 0 Å². The van der Waals surface area contributed by atoms with Gasteiger partial charge in [-0.2, -0.15) is 0 Å². The highest BCUT2D eigenvalue weighted by Gasteiger charge is 2.11. The number of carbonyl (C=O) groups is 1. The van der Waals surface area contributed by atoms with Gasteiger partial charge in [0.05, 0.1) is 11.1 Å². The van der Waals surface area contributed by atoms with Crippen LogP contribution in [0.3, 0.4) is 0 Å². The van der Waals surface area contributed by atoms with Crippen LogP contribution >= 0.6 is 28.1 Å². The third-order valence-electron chi connectivity index (χ3n) is 3.26. The fourth-order valence-electron chi connectivity index (χ4n) is 1.99. The lowest BCUT2D eigenvalue weighted by molar-refractivity contribution is 0.0977. The van der Waals surface area contributed by atoms with Crippen molar-refractivity contribution in [3.63, 3.8) is 0 Å². The molecule has 132 valence electrons. The normalized spacial score (nSPS) is 10.2. The summed E-state index contributed by atoms with van der Waals surface area (Å²) in [6.45, 7) is 2.72. The monoisotopic (exact) mass is 424 g/mol. The highest BCUT2D eigenvalue weighted by Crippen LogP contribution is 2.26. The summed E-state index contributed by atoms with van der Waals surface area (Å²) < 4.78 is 19.5. The van der Waals surface area contributed by atoms with Gasteiger partial charge in [0, 0.05) is 11.3 Å². The van der Waals surface area contributed by atoms with Gasteiger partial charge in [-0.3, -0.25) is 10.1 Å². The number of anilines is 1. The lowest BCUT2D eigenvalue weighted by atomic mass is 10.2. The molecule has 0 aliphatic rings. The van der Waals surface area contributed by atoms with Crippen LogP contribution in [0.1, 0.15) is 30.1 Å². The van der Waals surface area contributed by atoms with Gasteiger partial charge < -0.3 is 10.1 Å². The van der Waals surface area contributed by atoms with Crippen LogP contribution < -0.4 is 15.4 Å². The number of ether oxygens (including phenoxy) is 1. The average Bonchev–Trinajstić information content (AvgIpc) is 2.56.